The van der Waals surface area contributed by atoms with E-state index in [9.17, 15) is 14.7 Å². The highest BCUT2D eigenvalue weighted by Gasteiger charge is 2.59. The molecule has 8 atom stereocenters. The fourth-order valence-corrected chi connectivity index (χ4v) is 9.18. The molecule has 0 aromatic heterocycles. The Bertz CT molecular complexity index is 887. The quantitative estimate of drug-likeness (QED) is 0.278. The predicted molar refractivity (Wildman–Crippen MR) is 141 cm³/mol. The fraction of sp³-hybridized carbons (Fsp3) is 0.871. The second-order valence-corrected chi connectivity index (χ2v) is 14.3. The second kappa shape index (κ2) is 9.75. The van der Waals surface area contributed by atoms with Crippen molar-refractivity contribution in [3.8, 4) is 0 Å². The maximum Gasteiger partial charge on any atom is 0.306 e. The lowest BCUT2D eigenvalue weighted by Gasteiger charge is -2.59. The number of aliphatic hydroxyl groups is 1. The lowest BCUT2D eigenvalue weighted by atomic mass is 9.46. The molecule has 0 bridgehead atoms. The highest BCUT2D eigenvalue weighted by Crippen LogP contribution is 2.67. The van der Waals surface area contributed by atoms with Crippen LogP contribution in [-0.4, -0.2) is 33.4 Å². The largest absolute Gasteiger partial charge is 0.481 e. The Morgan fingerprint density at radius 2 is 1.81 bits per heavy atom. The SMILES string of the molecule is C[C@H](CCC(C)(C)OC(=O)CCC(=O)O)[C@H]1CC[C@H]2[C@@H]3CC=C4C[C@@](C)(O)CC[C@]4(C)[C@H]3CC[C@]12C. The van der Waals surface area contributed by atoms with E-state index in [4.69, 9.17) is 9.84 Å². The molecule has 0 unspecified atom stereocenters. The molecule has 0 amide bonds. The Morgan fingerprint density at radius 1 is 1.08 bits per heavy atom. The van der Waals surface area contributed by atoms with Crippen LogP contribution in [0.4, 0.5) is 0 Å². The van der Waals surface area contributed by atoms with E-state index in [0.717, 1.165) is 49.9 Å². The Morgan fingerprint density at radius 3 is 2.50 bits per heavy atom. The summed E-state index contributed by atoms with van der Waals surface area (Å²) in [5, 5.41) is 19.5. The van der Waals surface area contributed by atoms with Crippen LogP contribution < -0.4 is 0 Å². The van der Waals surface area contributed by atoms with E-state index in [1.54, 1.807) is 0 Å². The number of carbonyl (C=O) groups excluding carboxylic acids is 1. The molecule has 0 saturated heterocycles. The molecule has 5 nitrogen and oxygen atoms in total. The van der Waals surface area contributed by atoms with Crippen molar-refractivity contribution in [2.24, 2.45) is 40.4 Å². The molecule has 2 N–H and O–H groups in total. The number of hydrogen-bond donors (Lipinski definition) is 2. The van der Waals surface area contributed by atoms with Gasteiger partial charge in [0.05, 0.1) is 18.4 Å². The molecule has 0 aromatic rings. The first kappa shape index (κ1) is 27.7. The van der Waals surface area contributed by atoms with Gasteiger partial charge >= 0.3 is 11.9 Å². The van der Waals surface area contributed by atoms with Crippen molar-refractivity contribution in [3.63, 3.8) is 0 Å². The number of fused-ring (bicyclic) bond motifs is 5. The summed E-state index contributed by atoms with van der Waals surface area (Å²) in [5.41, 5.74) is 1.08. The molecular weight excluding hydrogens is 452 g/mol. The lowest BCUT2D eigenvalue weighted by Crippen LogP contribution is -2.52. The van der Waals surface area contributed by atoms with Gasteiger partial charge in [0, 0.05) is 0 Å². The maximum atomic E-state index is 12.1. The first-order chi connectivity index (χ1) is 16.7. The van der Waals surface area contributed by atoms with E-state index < -0.39 is 23.1 Å². The van der Waals surface area contributed by atoms with Gasteiger partial charge in [-0.15, -0.1) is 0 Å². The standard InChI is InChI=1S/C31H50O5/c1-20(13-15-28(2,3)36-27(34)12-11-26(32)33)23-9-10-24-22-8-7-21-19-29(4,35)17-18-30(21,5)25(22)14-16-31(23,24)6/h7,20,22-25,35H,8-19H2,1-6H3,(H,32,33)/t20-,22+,23-,24+,25+,29+,30+,31-/m1/s1. The third kappa shape index (κ3) is 5.28. The summed E-state index contributed by atoms with van der Waals surface area (Å²) >= 11 is 0. The van der Waals surface area contributed by atoms with Crippen LogP contribution >= 0.6 is 0 Å². The van der Waals surface area contributed by atoms with Gasteiger partial charge < -0.3 is 14.9 Å². The van der Waals surface area contributed by atoms with Crippen LogP contribution in [-0.2, 0) is 14.3 Å². The smallest absolute Gasteiger partial charge is 0.306 e. The van der Waals surface area contributed by atoms with Gasteiger partial charge in [0.15, 0.2) is 0 Å². The summed E-state index contributed by atoms with van der Waals surface area (Å²) in [7, 11) is 0. The Kier molecular flexibility index (Phi) is 7.49. The number of allylic oxidation sites excluding steroid dienone is 1. The van der Waals surface area contributed by atoms with Crippen LogP contribution in [0.5, 0.6) is 0 Å². The first-order valence-electron chi connectivity index (χ1n) is 14.5. The van der Waals surface area contributed by atoms with Crippen LogP contribution in [0.2, 0.25) is 0 Å². The van der Waals surface area contributed by atoms with Crippen LogP contribution in [0.15, 0.2) is 11.6 Å². The normalized spacial score (nSPS) is 40.9. The maximum absolute atomic E-state index is 12.1. The van der Waals surface area contributed by atoms with Crippen LogP contribution in [0.3, 0.4) is 0 Å². The van der Waals surface area contributed by atoms with E-state index >= 15 is 0 Å². The Labute approximate surface area is 218 Å². The number of aliphatic carboxylic acids is 1. The Hall–Kier alpha value is -1.36. The van der Waals surface area contributed by atoms with Crippen molar-refractivity contribution < 1.29 is 24.5 Å². The minimum atomic E-state index is -0.967. The van der Waals surface area contributed by atoms with E-state index in [2.05, 4.69) is 26.8 Å². The molecule has 4 aliphatic rings. The zero-order valence-electron chi connectivity index (χ0n) is 23.6. The number of hydrogen-bond acceptors (Lipinski definition) is 4. The van der Waals surface area contributed by atoms with Crippen LogP contribution in [0.25, 0.3) is 0 Å². The monoisotopic (exact) mass is 502 g/mol. The predicted octanol–water partition coefficient (Wildman–Crippen LogP) is 6.92. The summed E-state index contributed by atoms with van der Waals surface area (Å²) < 4.78 is 5.65. The highest BCUT2D eigenvalue weighted by atomic mass is 16.6. The minimum Gasteiger partial charge on any atom is -0.481 e. The summed E-state index contributed by atoms with van der Waals surface area (Å²) in [4.78, 5) is 22.9. The number of carboxylic acid groups (broad SMARTS) is 1. The summed E-state index contributed by atoms with van der Waals surface area (Å²) in [5.74, 6) is 2.20. The van der Waals surface area contributed by atoms with E-state index in [0.29, 0.717) is 17.3 Å². The van der Waals surface area contributed by atoms with Gasteiger partial charge in [0.2, 0.25) is 0 Å². The highest BCUT2D eigenvalue weighted by molar-refractivity contribution is 5.76. The second-order valence-electron chi connectivity index (χ2n) is 14.3. The molecule has 0 aliphatic heterocycles. The average Bonchev–Trinajstić information content (AvgIpc) is 3.13. The fourth-order valence-electron chi connectivity index (χ4n) is 9.18. The third-order valence-corrected chi connectivity index (χ3v) is 11.3. The number of rotatable bonds is 8. The van der Waals surface area contributed by atoms with Crippen molar-refractivity contribution in [2.75, 3.05) is 0 Å². The molecule has 4 rings (SSSR count). The molecule has 0 spiro atoms. The topological polar surface area (TPSA) is 83.8 Å². The molecule has 3 fully saturated rings. The van der Waals surface area contributed by atoms with Crippen LogP contribution in [0.1, 0.15) is 119 Å². The minimum absolute atomic E-state index is 0.0636. The van der Waals surface area contributed by atoms with Gasteiger partial charge in [-0.2, -0.15) is 0 Å². The van der Waals surface area contributed by atoms with Gasteiger partial charge in [-0.1, -0.05) is 32.4 Å². The average molecular weight is 503 g/mol. The van der Waals surface area contributed by atoms with Crippen molar-refractivity contribution in [1.29, 1.82) is 0 Å². The van der Waals surface area contributed by atoms with Crippen LogP contribution in [0, 0.1) is 40.4 Å². The van der Waals surface area contributed by atoms with Crippen molar-refractivity contribution in [1.82, 2.24) is 0 Å². The summed E-state index contributed by atoms with van der Waals surface area (Å²) in [6.07, 6.45) is 13.4. The molecule has 204 valence electrons. The molecule has 5 heteroatoms. The zero-order chi connectivity index (χ0) is 26.5. The first-order valence-corrected chi connectivity index (χ1v) is 14.5. The van der Waals surface area contributed by atoms with Gasteiger partial charge in [0.1, 0.15) is 5.60 Å². The van der Waals surface area contributed by atoms with E-state index in [1.165, 1.54) is 37.7 Å². The summed E-state index contributed by atoms with van der Waals surface area (Å²) in [6, 6.07) is 0. The number of carbonyl (C=O) groups is 2. The Balaban J connectivity index is 1.39. The molecule has 0 aromatic carbocycles. The van der Waals surface area contributed by atoms with Gasteiger partial charge in [0.25, 0.3) is 0 Å². The van der Waals surface area contributed by atoms with Gasteiger partial charge in [-0.25, -0.2) is 0 Å². The van der Waals surface area contributed by atoms with Crippen molar-refractivity contribution in [2.45, 2.75) is 130 Å². The molecule has 4 aliphatic carbocycles. The van der Waals surface area contributed by atoms with E-state index in [-0.39, 0.29) is 18.3 Å². The summed E-state index contributed by atoms with van der Waals surface area (Å²) in [6.45, 7) is 13.4. The third-order valence-electron chi connectivity index (χ3n) is 11.3. The van der Waals surface area contributed by atoms with E-state index in [1.807, 2.05) is 20.8 Å². The zero-order valence-corrected chi connectivity index (χ0v) is 23.6. The lowest BCUT2D eigenvalue weighted by molar-refractivity contribution is -0.159. The van der Waals surface area contributed by atoms with Gasteiger partial charge in [-0.05, 0) is 125 Å². The number of ether oxygens (including phenoxy) is 1. The molecule has 3 saturated carbocycles. The van der Waals surface area contributed by atoms with Crippen molar-refractivity contribution >= 4 is 11.9 Å². The molecule has 0 heterocycles. The molecule has 0 radical (unpaired) electrons. The van der Waals surface area contributed by atoms with Crippen molar-refractivity contribution in [3.05, 3.63) is 11.6 Å². The number of esters is 1. The molecular formula is C31H50O5. The molecule has 36 heavy (non-hydrogen) atoms. The number of carboxylic acids is 1. The van der Waals surface area contributed by atoms with Gasteiger partial charge in [-0.3, -0.25) is 9.59 Å².